The van der Waals surface area contributed by atoms with Gasteiger partial charge in [0.25, 0.3) is 5.91 Å². The number of aryl methyl sites for hydroxylation is 1. The van der Waals surface area contributed by atoms with Crippen molar-refractivity contribution in [3.8, 4) is 0 Å². The third kappa shape index (κ3) is 2.20. The van der Waals surface area contributed by atoms with E-state index in [2.05, 4.69) is 19.1 Å². The summed E-state index contributed by atoms with van der Waals surface area (Å²) in [5.41, 5.74) is 0.659. The van der Waals surface area contributed by atoms with E-state index in [1.165, 1.54) is 4.88 Å². The topological polar surface area (TPSA) is 23.6 Å². The molecule has 2 rings (SSSR count). The molecule has 1 saturated heterocycles. The second kappa shape index (κ2) is 5.20. The van der Waals surface area contributed by atoms with Crippen LogP contribution in [0.1, 0.15) is 23.6 Å². The van der Waals surface area contributed by atoms with E-state index in [4.69, 9.17) is 12.2 Å². The average Bonchev–Trinajstić information content (AvgIpc) is 2.89. The molecule has 5 heteroatoms. The lowest BCUT2D eigenvalue weighted by Crippen LogP contribution is -2.30. The second-order valence-corrected chi connectivity index (χ2v) is 5.64. The first-order valence-electron chi connectivity index (χ1n) is 5.98. The van der Waals surface area contributed by atoms with Gasteiger partial charge < -0.3 is 4.90 Å². The molecule has 0 atom stereocenters. The zero-order valence-corrected chi connectivity index (χ0v) is 12.4. The number of rotatable bonds is 3. The second-order valence-electron chi connectivity index (χ2n) is 4.08. The number of carbonyl (C=O) groups is 1. The lowest BCUT2D eigenvalue weighted by atomic mass is 10.3. The maximum Gasteiger partial charge on any atom is 0.276 e. The fourth-order valence-electron chi connectivity index (χ4n) is 1.89. The van der Waals surface area contributed by atoms with Crippen molar-refractivity contribution in [2.75, 3.05) is 13.6 Å². The van der Waals surface area contributed by atoms with Crippen LogP contribution in [0.5, 0.6) is 0 Å². The van der Waals surface area contributed by atoms with Gasteiger partial charge in [-0.2, -0.15) is 0 Å². The van der Waals surface area contributed by atoms with E-state index in [-0.39, 0.29) is 5.91 Å². The fourth-order valence-corrected chi connectivity index (χ4v) is 3.09. The number of likely N-dealkylation sites (N-methyl/N-ethyl adjacent to an activating group) is 2. The number of carbonyl (C=O) groups excluding carboxylic acids is 1. The largest absolute Gasteiger partial charge is 0.317 e. The molecule has 0 bridgehead atoms. The summed E-state index contributed by atoms with van der Waals surface area (Å²) in [7, 11) is 1.84. The van der Waals surface area contributed by atoms with Crippen LogP contribution < -0.4 is 0 Å². The molecule has 1 amide bonds. The van der Waals surface area contributed by atoms with Crippen LogP contribution in [0, 0.1) is 0 Å². The van der Waals surface area contributed by atoms with Crippen LogP contribution in [0.25, 0.3) is 6.08 Å². The molecule has 0 saturated carbocycles. The molecule has 0 aromatic carbocycles. The summed E-state index contributed by atoms with van der Waals surface area (Å²) in [5, 5.41) is 0.584. The van der Waals surface area contributed by atoms with Crippen LogP contribution in [0.15, 0.2) is 17.8 Å². The minimum absolute atomic E-state index is 0.00329. The van der Waals surface area contributed by atoms with Gasteiger partial charge in [0.05, 0.1) is 0 Å². The van der Waals surface area contributed by atoms with Crippen molar-refractivity contribution >= 4 is 40.7 Å². The molecule has 1 fully saturated rings. The average molecular weight is 280 g/mol. The van der Waals surface area contributed by atoms with E-state index in [1.54, 1.807) is 21.1 Å². The number of hydrogen-bond acceptors (Lipinski definition) is 3. The van der Waals surface area contributed by atoms with Crippen molar-refractivity contribution < 1.29 is 4.79 Å². The van der Waals surface area contributed by atoms with Crippen molar-refractivity contribution in [1.82, 2.24) is 9.80 Å². The van der Waals surface area contributed by atoms with Gasteiger partial charge in [0.2, 0.25) is 0 Å². The Morgan fingerprint density at radius 3 is 2.61 bits per heavy atom. The molecule has 96 valence electrons. The van der Waals surface area contributed by atoms with Gasteiger partial charge in [-0.3, -0.25) is 9.69 Å². The Labute approximate surface area is 117 Å². The van der Waals surface area contributed by atoms with E-state index in [0.717, 1.165) is 11.3 Å². The first kappa shape index (κ1) is 13.2. The Kier molecular flexibility index (Phi) is 3.82. The van der Waals surface area contributed by atoms with Gasteiger partial charge in [-0.05, 0) is 43.8 Å². The van der Waals surface area contributed by atoms with Gasteiger partial charge >= 0.3 is 0 Å². The minimum Gasteiger partial charge on any atom is -0.317 e. The van der Waals surface area contributed by atoms with Crippen LogP contribution >= 0.6 is 23.6 Å². The Morgan fingerprint density at radius 2 is 2.11 bits per heavy atom. The van der Waals surface area contributed by atoms with Crippen molar-refractivity contribution in [3.05, 3.63) is 27.6 Å². The highest BCUT2D eigenvalue weighted by molar-refractivity contribution is 7.80. The highest BCUT2D eigenvalue weighted by Gasteiger charge is 2.34. The van der Waals surface area contributed by atoms with E-state index in [9.17, 15) is 4.79 Å². The van der Waals surface area contributed by atoms with Crippen LogP contribution in [0.2, 0.25) is 0 Å². The molecule has 1 aromatic heterocycles. The fraction of sp³-hybridized carbons (Fsp3) is 0.385. The molecular weight excluding hydrogens is 264 g/mol. The highest BCUT2D eigenvalue weighted by atomic mass is 32.1. The molecule has 3 nitrogen and oxygen atoms in total. The SMILES string of the molecule is CCc1ccc(/C=C2\C(=O)N(CC)C(=S)N2C)s1. The van der Waals surface area contributed by atoms with Crippen molar-refractivity contribution in [2.24, 2.45) is 0 Å². The zero-order chi connectivity index (χ0) is 13.3. The predicted molar refractivity (Wildman–Crippen MR) is 79.4 cm³/mol. The number of nitrogens with zero attached hydrogens (tertiary/aromatic N) is 2. The van der Waals surface area contributed by atoms with Crippen molar-refractivity contribution in [1.29, 1.82) is 0 Å². The standard InChI is InChI=1S/C13H16N2OS2/c1-4-9-6-7-10(18-9)8-11-12(16)15(5-2)13(17)14(11)3/h6-8H,4-5H2,1-3H3/b11-8+. The lowest BCUT2D eigenvalue weighted by Gasteiger charge is -2.13. The van der Waals surface area contributed by atoms with E-state index < -0.39 is 0 Å². The maximum atomic E-state index is 12.2. The molecule has 18 heavy (non-hydrogen) atoms. The van der Waals surface area contributed by atoms with Gasteiger partial charge in [-0.1, -0.05) is 6.92 Å². The highest BCUT2D eigenvalue weighted by Crippen LogP contribution is 2.25. The lowest BCUT2D eigenvalue weighted by molar-refractivity contribution is -0.122. The Morgan fingerprint density at radius 1 is 1.39 bits per heavy atom. The zero-order valence-electron chi connectivity index (χ0n) is 10.8. The Balaban J connectivity index is 2.32. The van der Waals surface area contributed by atoms with Gasteiger partial charge in [0, 0.05) is 23.3 Å². The molecule has 0 spiro atoms. The molecule has 1 aliphatic heterocycles. The molecule has 0 aliphatic carbocycles. The van der Waals surface area contributed by atoms with Gasteiger partial charge in [-0.15, -0.1) is 11.3 Å². The van der Waals surface area contributed by atoms with Crippen LogP contribution in [0.4, 0.5) is 0 Å². The summed E-state index contributed by atoms with van der Waals surface area (Å²) in [4.78, 5) is 18.0. The third-order valence-corrected chi connectivity index (χ3v) is 4.64. The van der Waals surface area contributed by atoms with Gasteiger partial charge in [0.1, 0.15) is 5.70 Å². The predicted octanol–water partition coefficient (Wildman–Crippen LogP) is 2.73. The summed E-state index contributed by atoms with van der Waals surface area (Å²) in [5.74, 6) is -0.00329. The van der Waals surface area contributed by atoms with Crippen LogP contribution in [0.3, 0.4) is 0 Å². The van der Waals surface area contributed by atoms with Crippen molar-refractivity contribution in [3.63, 3.8) is 0 Å². The summed E-state index contributed by atoms with van der Waals surface area (Å²) in [6.45, 7) is 4.68. The van der Waals surface area contributed by atoms with Crippen LogP contribution in [-0.2, 0) is 11.2 Å². The van der Waals surface area contributed by atoms with Gasteiger partial charge in [-0.25, -0.2) is 0 Å². The Hall–Kier alpha value is -1.20. The molecule has 0 radical (unpaired) electrons. The first-order valence-corrected chi connectivity index (χ1v) is 7.20. The van der Waals surface area contributed by atoms with E-state index in [1.807, 2.05) is 20.0 Å². The van der Waals surface area contributed by atoms with E-state index >= 15 is 0 Å². The summed E-state index contributed by atoms with van der Waals surface area (Å²) in [6.07, 6.45) is 2.95. The Bertz CT molecular complexity index is 519. The number of amides is 1. The molecule has 1 aromatic rings. The summed E-state index contributed by atoms with van der Waals surface area (Å²) >= 11 is 6.97. The normalized spacial score (nSPS) is 18.3. The molecular formula is C13H16N2OS2. The van der Waals surface area contributed by atoms with Crippen molar-refractivity contribution in [2.45, 2.75) is 20.3 Å². The third-order valence-electron chi connectivity index (χ3n) is 2.97. The van der Waals surface area contributed by atoms with Crippen LogP contribution in [-0.4, -0.2) is 34.4 Å². The molecule has 0 N–H and O–H groups in total. The quantitative estimate of drug-likeness (QED) is 0.628. The summed E-state index contributed by atoms with van der Waals surface area (Å²) < 4.78 is 0. The number of thiophene rings is 1. The van der Waals surface area contributed by atoms with E-state index in [0.29, 0.717) is 17.4 Å². The number of hydrogen-bond donors (Lipinski definition) is 0. The first-order chi connectivity index (χ1) is 8.58. The maximum absolute atomic E-state index is 12.2. The molecule has 2 heterocycles. The minimum atomic E-state index is -0.00329. The monoisotopic (exact) mass is 280 g/mol. The molecule has 1 aliphatic rings. The molecule has 0 unspecified atom stereocenters. The summed E-state index contributed by atoms with van der Waals surface area (Å²) in [6, 6.07) is 4.15. The van der Waals surface area contributed by atoms with Gasteiger partial charge in [0.15, 0.2) is 5.11 Å². The number of thiocarbonyl (C=S) groups is 1. The smallest absolute Gasteiger partial charge is 0.276 e.